The molecule has 5 heteroatoms. The lowest BCUT2D eigenvalue weighted by Crippen LogP contribution is -2.29. The highest BCUT2D eigenvalue weighted by atomic mass is 79.9. The molecule has 0 amide bonds. The highest BCUT2D eigenvalue weighted by molar-refractivity contribution is 9.12. The molecule has 0 radical (unpaired) electrons. The van der Waals surface area contributed by atoms with Crippen LogP contribution in [0.1, 0.15) is 18.4 Å². The third-order valence-corrected chi connectivity index (χ3v) is 5.14. The van der Waals surface area contributed by atoms with Crippen molar-refractivity contribution in [1.29, 1.82) is 0 Å². The molecule has 1 saturated carbocycles. The van der Waals surface area contributed by atoms with Crippen LogP contribution in [0.25, 0.3) is 0 Å². The van der Waals surface area contributed by atoms with Crippen LogP contribution in [0, 0.1) is 0 Å². The largest absolute Gasteiger partial charge is 0.313 e. The molecule has 0 aliphatic heterocycles. The number of thiophene rings is 1. The van der Waals surface area contributed by atoms with Gasteiger partial charge < -0.3 is 10.2 Å². The van der Waals surface area contributed by atoms with Crippen LogP contribution in [0.5, 0.6) is 0 Å². The van der Waals surface area contributed by atoms with Gasteiger partial charge in [-0.25, -0.2) is 0 Å². The minimum Gasteiger partial charge on any atom is -0.313 e. The molecule has 0 atom stereocenters. The van der Waals surface area contributed by atoms with Gasteiger partial charge in [0.15, 0.2) is 0 Å². The van der Waals surface area contributed by atoms with Crippen LogP contribution in [0.3, 0.4) is 0 Å². The fourth-order valence-corrected chi connectivity index (χ4v) is 4.40. The average Bonchev–Trinajstić information content (AvgIpc) is 2.95. The zero-order valence-corrected chi connectivity index (χ0v) is 13.3. The molecule has 1 heterocycles. The van der Waals surface area contributed by atoms with Crippen molar-refractivity contribution in [2.75, 3.05) is 20.1 Å². The van der Waals surface area contributed by atoms with E-state index >= 15 is 0 Å². The maximum absolute atomic E-state index is 3.59. The number of hydrogen-bond acceptors (Lipinski definition) is 3. The fourth-order valence-electron chi connectivity index (χ4n) is 1.60. The van der Waals surface area contributed by atoms with Gasteiger partial charge >= 0.3 is 0 Å². The smallest absolute Gasteiger partial charge is 0.0755 e. The van der Waals surface area contributed by atoms with Gasteiger partial charge in [0.1, 0.15) is 0 Å². The number of halogens is 2. The van der Waals surface area contributed by atoms with E-state index in [0.717, 1.165) is 25.7 Å². The quantitative estimate of drug-likeness (QED) is 0.828. The number of hydrogen-bond donors (Lipinski definition) is 1. The summed E-state index contributed by atoms with van der Waals surface area (Å²) >= 11 is 8.84. The maximum Gasteiger partial charge on any atom is 0.0755 e. The van der Waals surface area contributed by atoms with Gasteiger partial charge in [0, 0.05) is 25.7 Å². The molecule has 16 heavy (non-hydrogen) atoms. The maximum atomic E-state index is 3.59. The monoisotopic (exact) mass is 366 g/mol. The standard InChI is InChI=1S/C11H16Br2N2S/c1-15(5-4-14-9-2-3-9)7-8-6-10(12)16-11(8)13/h6,9,14H,2-5,7H2,1H3. The summed E-state index contributed by atoms with van der Waals surface area (Å²) in [7, 11) is 2.17. The van der Waals surface area contributed by atoms with Crippen LogP contribution in [0.15, 0.2) is 13.6 Å². The fraction of sp³-hybridized carbons (Fsp3) is 0.636. The molecule has 90 valence electrons. The van der Waals surface area contributed by atoms with Gasteiger partial charge in [0.05, 0.1) is 7.57 Å². The molecule has 1 aromatic rings. The van der Waals surface area contributed by atoms with Crippen molar-refractivity contribution < 1.29 is 0 Å². The van der Waals surface area contributed by atoms with Crippen molar-refractivity contribution in [3.8, 4) is 0 Å². The Bertz CT molecular complexity index is 350. The molecule has 0 unspecified atom stereocenters. The Morgan fingerprint density at radius 3 is 2.81 bits per heavy atom. The van der Waals surface area contributed by atoms with Crippen molar-refractivity contribution >= 4 is 43.2 Å². The van der Waals surface area contributed by atoms with Crippen LogP contribution in [-0.2, 0) is 6.54 Å². The van der Waals surface area contributed by atoms with E-state index in [1.54, 1.807) is 11.3 Å². The lowest BCUT2D eigenvalue weighted by atomic mass is 10.3. The minimum absolute atomic E-state index is 0.815. The summed E-state index contributed by atoms with van der Waals surface area (Å²) in [4.78, 5) is 2.36. The summed E-state index contributed by atoms with van der Waals surface area (Å²) < 4.78 is 2.43. The summed E-state index contributed by atoms with van der Waals surface area (Å²) in [5.41, 5.74) is 1.37. The van der Waals surface area contributed by atoms with Gasteiger partial charge in [0.25, 0.3) is 0 Å². The molecule has 1 fully saturated rings. The zero-order valence-electron chi connectivity index (χ0n) is 9.30. The second-order valence-corrected chi connectivity index (χ2v) is 8.06. The third-order valence-electron chi connectivity index (χ3n) is 2.67. The van der Waals surface area contributed by atoms with Crippen LogP contribution in [0.4, 0.5) is 0 Å². The molecule has 1 N–H and O–H groups in total. The number of nitrogens with one attached hydrogen (secondary N) is 1. The van der Waals surface area contributed by atoms with Crippen LogP contribution in [0.2, 0.25) is 0 Å². The highest BCUT2D eigenvalue weighted by Gasteiger charge is 2.19. The molecule has 0 saturated heterocycles. The van der Waals surface area contributed by atoms with Crippen molar-refractivity contribution in [3.63, 3.8) is 0 Å². The molecular weight excluding hydrogens is 352 g/mol. The second kappa shape index (κ2) is 5.96. The Morgan fingerprint density at radius 2 is 2.25 bits per heavy atom. The summed E-state index contributed by atoms with van der Waals surface area (Å²) in [6.45, 7) is 3.22. The molecule has 1 aromatic heterocycles. The summed E-state index contributed by atoms with van der Waals surface area (Å²) in [6, 6.07) is 3.01. The van der Waals surface area contributed by atoms with Crippen molar-refractivity contribution in [1.82, 2.24) is 10.2 Å². The normalized spacial score (nSPS) is 16.0. The van der Waals surface area contributed by atoms with Crippen LogP contribution >= 0.6 is 43.2 Å². The molecule has 2 nitrogen and oxygen atoms in total. The Hall–Kier alpha value is 0.580. The molecule has 0 spiro atoms. The first-order chi connectivity index (χ1) is 7.65. The molecule has 1 aliphatic carbocycles. The molecule has 2 rings (SSSR count). The first-order valence-electron chi connectivity index (χ1n) is 5.51. The lowest BCUT2D eigenvalue weighted by molar-refractivity contribution is 0.324. The van der Waals surface area contributed by atoms with Crippen molar-refractivity contribution in [3.05, 3.63) is 19.2 Å². The average molecular weight is 368 g/mol. The van der Waals surface area contributed by atoms with E-state index in [0.29, 0.717) is 0 Å². The Labute approximate surface area is 118 Å². The Kier molecular flexibility index (Phi) is 4.85. The number of nitrogens with zero attached hydrogens (tertiary/aromatic N) is 1. The minimum atomic E-state index is 0.815. The number of rotatable bonds is 6. The predicted octanol–water partition coefficient (Wildman–Crippen LogP) is 3.46. The van der Waals surface area contributed by atoms with Gasteiger partial charge in [-0.1, -0.05) is 0 Å². The van der Waals surface area contributed by atoms with Gasteiger partial charge in [-0.15, -0.1) is 11.3 Å². The molecule has 0 aromatic carbocycles. The zero-order chi connectivity index (χ0) is 11.5. The molecule has 1 aliphatic rings. The Balaban J connectivity index is 1.72. The second-order valence-electron chi connectivity index (χ2n) is 4.32. The highest BCUT2D eigenvalue weighted by Crippen LogP contribution is 2.32. The van der Waals surface area contributed by atoms with E-state index in [9.17, 15) is 0 Å². The van der Waals surface area contributed by atoms with E-state index in [4.69, 9.17) is 0 Å². The van der Waals surface area contributed by atoms with Crippen molar-refractivity contribution in [2.24, 2.45) is 0 Å². The van der Waals surface area contributed by atoms with Gasteiger partial charge in [-0.05, 0) is 63.4 Å². The van der Waals surface area contributed by atoms with E-state index in [1.165, 1.54) is 26.0 Å². The van der Waals surface area contributed by atoms with Crippen LogP contribution < -0.4 is 5.32 Å². The van der Waals surface area contributed by atoms with Crippen LogP contribution in [-0.4, -0.2) is 31.1 Å². The van der Waals surface area contributed by atoms with Gasteiger partial charge in [-0.2, -0.15) is 0 Å². The van der Waals surface area contributed by atoms with E-state index in [1.807, 2.05) is 0 Å². The Morgan fingerprint density at radius 1 is 1.50 bits per heavy atom. The van der Waals surface area contributed by atoms with Crippen molar-refractivity contribution in [2.45, 2.75) is 25.4 Å². The van der Waals surface area contributed by atoms with E-state index in [-0.39, 0.29) is 0 Å². The summed E-state index contributed by atoms with van der Waals surface area (Å²) in [5, 5.41) is 3.53. The number of likely N-dealkylation sites (N-methyl/N-ethyl adjacent to an activating group) is 1. The SMILES string of the molecule is CN(CCNC1CC1)Cc1cc(Br)sc1Br. The van der Waals surface area contributed by atoms with E-state index in [2.05, 4.69) is 55.2 Å². The van der Waals surface area contributed by atoms with Gasteiger partial charge in [-0.3, -0.25) is 0 Å². The molecular formula is C11H16Br2N2S. The van der Waals surface area contributed by atoms with Gasteiger partial charge in [0.2, 0.25) is 0 Å². The first kappa shape index (κ1) is 13.0. The summed E-state index contributed by atoms with van der Waals surface area (Å²) in [6.07, 6.45) is 2.74. The first-order valence-corrected chi connectivity index (χ1v) is 7.91. The predicted molar refractivity (Wildman–Crippen MR) is 77.1 cm³/mol. The summed E-state index contributed by atoms with van der Waals surface area (Å²) in [5.74, 6) is 0. The topological polar surface area (TPSA) is 15.3 Å². The van der Waals surface area contributed by atoms with E-state index < -0.39 is 0 Å². The third kappa shape index (κ3) is 4.11. The molecule has 0 bridgehead atoms. The lowest BCUT2D eigenvalue weighted by Gasteiger charge is -2.16.